The van der Waals surface area contributed by atoms with E-state index in [1.54, 1.807) is 24.3 Å². The number of carbonyl (C=O) groups excluding carboxylic acids is 3. The van der Waals surface area contributed by atoms with Crippen molar-refractivity contribution in [1.29, 1.82) is 0 Å². The molecule has 3 aromatic carbocycles. The van der Waals surface area contributed by atoms with Crippen LogP contribution in [-0.2, 0) is 22.6 Å². The maximum Gasteiger partial charge on any atom is 0.251 e. The van der Waals surface area contributed by atoms with Crippen molar-refractivity contribution in [2.75, 3.05) is 6.54 Å². The number of benzene rings is 3. The van der Waals surface area contributed by atoms with Gasteiger partial charge in [-0.15, -0.1) is 0 Å². The first kappa shape index (κ1) is 21.8. The lowest BCUT2D eigenvalue weighted by atomic mass is 10.0. The predicted octanol–water partition coefficient (Wildman–Crippen LogP) is 2.46. The van der Waals surface area contributed by atoms with Crippen LogP contribution in [-0.4, -0.2) is 30.3 Å². The fourth-order valence-electron chi connectivity index (χ4n) is 3.06. The van der Waals surface area contributed by atoms with Crippen LogP contribution >= 0.6 is 0 Å². The molecular formula is C25H25N3O3. The summed E-state index contributed by atoms with van der Waals surface area (Å²) in [6.07, 6.45) is 0.347. The molecule has 3 rings (SSSR count). The molecule has 0 saturated heterocycles. The van der Waals surface area contributed by atoms with Gasteiger partial charge in [0.1, 0.15) is 6.04 Å². The highest BCUT2D eigenvalue weighted by Crippen LogP contribution is 2.05. The Kier molecular flexibility index (Phi) is 7.94. The zero-order valence-corrected chi connectivity index (χ0v) is 17.1. The first-order valence-electron chi connectivity index (χ1n) is 10.1. The monoisotopic (exact) mass is 415 g/mol. The highest BCUT2D eigenvalue weighted by molar-refractivity contribution is 5.97. The van der Waals surface area contributed by atoms with Gasteiger partial charge in [-0.05, 0) is 23.3 Å². The van der Waals surface area contributed by atoms with Gasteiger partial charge in [-0.2, -0.15) is 0 Å². The molecule has 0 heterocycles. The van der Waals surface area contributed by atoms with Gasteiger partial charge in [0.25, 0.3) is 5.91 Å². The van der Waals surface area contributed by atoms with E-state index in [0.717, 1.165) is 11.1 Å². The summed E-state index contributed by atoms with van der Waals surface area (Å²) < 4.78 is 0. The highest BCUT2D eigenvalue weighted by Gasteiger charge is 2.21. The first-order valence-corrected chi connectivity index (χ1v) is 10.1. The molecule has 0 fully saturated rings. The summed E-state index contributed by atoms with van der Waals surface area (Å²) in [6.45, 7) is 0.149. The molecule has 31 heavy (non-hydrogen) atoms. The Morgan fingerprint density at radius 3 is 1.84 bits per heavy atom. The Balaban J connectivity index is 1.59. The molecular weight excluding hydrogens is 390 g/mol. The topological polar surface area (TPSA) is 87.3 Å². The summed E-state index contributed by atoms with van der Waals surface area (Å²) in [5.41, 5.74) is 2.36. The van der Waals surface area contributed by atoms with Gasteiger partial charge in [-0.3, -0.25) is 14.4 Å². The molecule has 3 amide bonds. The number of nitrogens with one attached hydrogen (secondary N) is 3. The predicted molar refractivity (Wildman–Crippen MR) is 119 cm³/mol. The van der Waals surface area contributed by atoms with Crippen molar-refractivity contribution >= 4 is 17.7 Å². The van der Waals surface area contributed by atoms with Gasteiger partial charge in [-0.25, -0.2) is 0 Å². The zero-order valence-electron chi connectivity index (χ0n) is 17.1. The quantitative estimate of drug-likeness (QED) is 0.502. The third-order valence-electron chi connectivity index (χ3n) is 4.69. The van der Waals surface area contributed by atoms with Crippen LogP contribution in [0.25, 0.3) is 0 Å². The van der Waals surface area contributed by atoms with E-state index in [1.165, 1.54) is 0 Å². The van der Waals surface area contributed by atoms with Crippen molar-refractivity contribution in [2.24, 2.45) is 0 Å². The van der Waals surface area contributed by atoms with E-state index in [9.17, 15) is 14.4 Å². The molecule has 0 aromatic heterocycles. The van der Waals surface area contributed by atoms with E-state index in [1.807, 2.05) is 66.7 Å². The number of hydrogen-bond donors (Lipinski definition) is 3. The molecule has 0 spiro atoms. The van der Waals surface area contributed by atoms with Crippen LogP contribution in [0.2, 0.25) is 0 Å². The van der Waals surface area contributed by atoms with Gasteiger partial charge in [0.2, 0.25) is 11.8 Å². The maximum absolute atomic E-state index is 12.8. The molecule has 0 bridgehead atoms. The van der Waals surface area contributed by atoms with Gasteiger partial charge >= 0.3 is 0 Å². The van der Waals surface area contributed by atoms with E-state index >= 15 is 0 Å². The largest absolute Gasteiger partial charge is 0.350 e. The fourth-order valence-corrected chi connectivity index (χ4v) is 3.06. The van der Waals surface area contributed by atoms with Gasteiger partial charge in [0.15, 0.2) is 0 Å². The standard InChI is InChI=1S/C25H25N3O3/c29-23(18-27-24(30)21-14-8-3-9-15-21)28-22(16-19-10-4-1-5-11-19)25(31)26-17-20-12-6-2-7-13-20/h1-15,22H,16-18H2,(H,26,31)(H,27,30)(H,28,29). The molecule has 6 heteroatoms. The van der Waals surface area contributed by atoms with Crippen LogP contribution in [0.4, 0.5) is 0 Å². The van der Waals surface area contributed by atoms with Crippen LogP contribution in [0, 0.1) is 0 Å². The van der Waals surface area contributed by atoms with E-state index in [2.05, 4.69) is 16.0 Å². The lowest BCUT2D eigenvalue weighted by molar-refractivity contribution is -0.128. The zero-order chi connectivity index (χ0) is 21.9. The molecule has 3 N–H and O–H groups in total. The van der Waals surface area contributed by atoms with Gasteiger partial charge < -0.3 is 16.0 Å². The summed E-state index contributed by atoms with van der Waals surface area (Å²) in [7, 11) is 0. The van der Waals surface area contributed by atoms with Crippen LogP contribution in [0.15, 0.2) is 91.0 Å². The normalized spacial score (nSPS) is 11.2. The summed E-state index contributed by atoms with van der Waals surface area (Å²) in [6, 6.07) is 26.9. The van der Waals surface area contributed by atoms with Crippen LogP contribution in [0.5, 0.6) is 0 Å². The molecule has 1 atom stereocenters. The molecule has 0 aliphatic carbocycles. The highest BCUT2D eigenvalue weighted by atomic mass is 16.2. The van der Waals surface area contributed by atoms with Crippen molar-refractivity contribution in [2.45, 2.75) is 19.0 Å². The average molecular weight is 415 g/mol. The van der Waals surface area contributed by atoms with Crippen molar-refractivity contribution in [3.63, 3.8) is 0 Å². The Hall–Kier alpha value is -3.93. The minimum absolute atomic E-state index is 0.217. The SMILES string of the molecule is O=C(CNC(=O)c1ccccc1)NC(Cc1ccccc1)C(=O)NCc1ccccc1. The van der Waals surface area contributed by atoms with E-state index in [0.29, 0.717) is 18.5 Å². The van der Waals surface area contributed by atoms with Gasteiger partial charge in [0, 0.05) is 18.5 Å². The van der Waals surface area contributed by atoms with E-state index in [-0.39, 0.29) is 18.4 Å². The summed E-state index contributed by atoms with van der Waals surface area (Å²) in [4.78, 5) is 37.4. The third-order valence-corrected chi connectivity index (χ3v) is 4.69. The molecule has 1 unspecified atom stereocenters. The third kappa shape index (κ3) is 7.12. The fraction of sp³-hybridized carbons (Fsp3) is 0.160. The van der Waals surface area contributed by atoms with E-state index in [4.69, 9.17) is 0 Å². The Morgan fingerprint density at radius 1 is 0.677 bits per heavy atom. The molecule has 0 aliphatic rings. The molecule has 3 aromatic rings. The number of hydrogen-bond acceptors (Lipinski definition) is 3. The molecule has 158 valence electrons. The number of amides is 3. The Bertz CT molecular complexity index is 992. The number of rotatable bonds is 9. The van der Waals surface area contributed by atoms with Crippen molar-refractivity contribution in [1.82, 2.24) is 16.0 Å². The van der Waals surface area contributed by atoms with Crippen LogP contribution in [0.3, 0.4) is 0 Å². The van der Waals surface area contributed by atoms with Gasteiger partial charge in [0.05, 0.1) is 6.54 Å². The lowest BCUT2D eigenvalue weighted by Crippen LogP contribution is -2.50. The maximum atomic E-state index is 12.8. The van der Waals surface area contributed by atoms with Crippen molar-refractivity contribution < 1.29 is 14.4 Å². The summed E-state index contributed by atoms with van der Waals surface area (Å²) in [5.74, 6) is -1.06. The summed E-state index contributed by atoms with van der Waals surface area (Å²) in [5, 5.41) is 8.20. The van der Waals surface area contributed by atoms with Crippen molar-refractivity contribution in [3.8, 4) is 0 Å². The molecule has 6 nitrogen and oxygen atoms in total. The number of carbonyl (C=O) groups is 3. The minimum Gasteiger partial charge on any atom is -0.350 e. The van der Waals surface area contributed by atoms with Crippen LogP contribution in [0.1, 0.15) is 21.5 Å². The average Bonchev–Trinajstić information content (AvgIpc) is 2.82. The van der Waals surface area contributed by atoms with Crippen LogP contribution < -0.4 is 16.0 Å². The lowest BCUT2D eigenvalue weighted by Gasteiger charge is -2.19. The Labute approximate surface area is 181 Å². The summed E-state index contributed by atoms with van der Waals surface area (Å²) >= 11 is 0. The van der Waals surface area contributed by atoms with Crippen molar-refractivity contribution in [3.05, 3.63) is 108 Å². The second-order valence-corrected chi connectivity index (χ2v) is 7.06. The Morgan fingerprint density at radius 2 is 1.23 bits per heavy atom. The molecule has 0 saturated carbocycles. The smallest absolute Gasteiger partial charge is 0.251 e. The van der Waals surface area contributed by atoms with E-state index < -0.39 is 11.9 Å². The van der Waals surface area contributed by atoms with Gasteiger partial charge in [-0.1, -0.05) is 78.9 Å². The molecule has 0 radical (unpaired) electrons. The second kappa shape index (κ2) is 11.3. The first-order chi connectivity index (χ1) is 15.1. The minimum atomic E-state index is -0.757. The second-order valence-electron chi connectivity index (χ2n) is 7.06. The molecule has 0 aliphatic heterocycles.